The fraction of sp³-hybridized carbons (Fsp3) is 0.200. The first-order valence-corrected chi connectivity index (χ1v) is 5.04. The minimum absolute atomic E-state index is 0.152. The Labute approximate surface area is 89.5 Å². The van der Waals surface area contributed by atoms with Crippen molar-refractivity contribution in [2.24, 2.45) is 0 Å². The van der Waals surface area contributed by atoms with Gasteiger partial charge in [-0.15, -0.1) is 0 Å². The Balaban J connectivity index is 2.84. The Morgan fingerprint density at radius 3 is 2.79 bits per heavy atom. The minimum Gasteiger partial charge on any atom is -0.435 e. The molecule has 0 saturated carbocycles. The molecule has 0 spiro atoms. The van der Waals surface area contributed by atoms with Gasteiger partial charge in [0.1, 0.15) is 5.75 Å². The van der Waals surface area contributed by atoms with Gasteiger partial charge in [-0.05, 0) is 23.3 Å². The van der Waals surface area contributed by atoms with Crippen molar-refractivity contribution in [3.8, 4) is 5.75 Å². The molecule has 0 heterocycles. The maximum Gasteiger partial charge on any atom is 0.387 e. The Morgan fingerprint density at radius 2 is 2.21 bits per heavy atom. The summed E-state index contributed by atoms with van der Waals surface area (Å²) in [5, 5.41) is 0.602. The lowest BCUT2D eigenvalue weighted by Gasteiger charge is -2.06. The van der Waals surface area contributed by atoms with Gasteiger partial charge in [-0.1, -0.05) is 34.6 Å². The zero-order chi connectivity index (χ0) is 10.6. The quantitative estimate of drug-likeness (QED) is 0.752. The van der Waals surface area contributed by atoms with Crippen molar-refractivity contribution in [3.63, 3.8) is 0 Å². The van der Waals surface area contributed by atoms with Crippen molar-refractivity contribution < 1.29 is 13.5 Å². The van der Waals surface area contributed by atoms with E-state index in [1.807, 2.05) is 0 Å². The molecule has 1 aromatic carbocycles. The number of allylic oxidation sites excluding steroid dienone is 1. The van der Waals surface area contributed by atoms with Crippen LogP contribution in [0.15, 0.2) is 30.8 Å². The smallest absolute Gasteiger partial charge is 0.387 e. The van der Waals surface area contributed by atoms with E-state index in [4.69, 9.17) is 0 Å². The molecule has 0 amide bonds. The average Bonchev–Trinajstić information content (AvgIpc) is 2.16. The van der Waals surface area contributed by atoms with E-state index in [-0.39, 0.29) is 5.75 Å². The highest BCUT2D eigenvalue weighted by atomic mass is 79.9. The van der Waals surface area contributed by atoms with Crippen molar-refractivity contribution in [3.05, 3.63) is 36.4 Å². The summed E-state index contributed by atoms with van der Waals surface area (Å²) in [5.41, 5.74) is 1.62. The van der Waals surface area contributed by atoms with Crippen molar-refractivity contribution in [2.75, 3.05) is 5.33 Å². The molecule has 4 heteroatoms. The Hall–Kier alpha value is -0.900. The summed E-state index contributed by atoms with van der Waals surface area (Å²) in [4.78, 5) is 0. The first-order valence-electron chi connectivity index (χ1n) is 3.92. The number of alkyl halides is 3. The maximum absolute atomic E-state index is 11.9. The molecule has 1 rings (SSSR count). The highest BCUT2D eigenvalue weighted by Gasteiger charge is 2.05. The Bertz CT molecular complexity index is 326. The molecule has 0 N–H and O–H groups in total. The molecule has 0 aliphatic rings. The minimum atomic E-state index is -2.79. The summed E-state index contributed by atoms with van der Waals surface area (Å²) in [6.07, 6.45) is 0. The Morgan fingerprint density at radius 1 is 1.50 bits per heavy atom. The molecule has 0 unspecified atom stereocenters. The topological polar surface area (TPSA) is 9.23 Å². The van der Waals surface area contributed by atoms with Crippen LogP contribution in [0.5, 0.6) is 5.75 Å². The van der Waals surface area contributed by atoms with Gasteiger partial charge in [-0.2, -0.15) is 8.78 Å². The molecular weight excluding hydrogens is 254 g/mol. The summed E-state index contributed by atoms with van der Waals surface area (Å²) < 4.78 is 28.0. The second kappa shape index (κ2) is 5.10. The van der Waals surface area contributed by atoms with Crippen LogP contribution < -0.4 is 4.74 Å². The summed E-state index contributed by atoms with van der Waals surface area (Å²) in [5.74, 6) is 0.152. The maximum atomic E-state index is 11.9. The van der Waals surface area contributed by atoms with Gasteiger partial charge < -0.3 is 4.74 Å². The van der Waals surface area contributed by atoms with Crippen molar-refractivity contribution in [1.29, 1.82) is 0 Å². The van der Waals surface area contributed by atoms with Gasteiger partial charge in [0.15, 0.2) is 0 Å². The molecule has 0 aliphatic carbocycles. The van der Waals surface area contributed by atoms with E-state index in [9.17, 15) is 8.78 Å². The average molecular weight is 263 g/mol. The number of rotatable bonds is 4. The van der Waals surface area contributed by atoms with Gasteiger partial charge in [-0.25, -0.2) is 0 Å². The van der Waals surface area contributed by atoms with Gasteiger partial charge in [0.2, 0.25) is 0 Å². The third kappa shape index (κ3) is 3.10. The Kier molecular flexibility index (Phi) is 4.07. The fourth-order valence-corrected chi connectivity index (χ4v) is 1.29. The van der Waals surface area contributed by atoms with Gasteiger partial charge >= 0.3 is 6.61 Å². The molecule has 14 heavy (non-hydrogen) atoms. The van der Waals surface area contributed by atoms with Crippen LogP contribution in [0.3, 0.4) is 0 Å². The monoisotopic (exact) mass is 262 g/mol. The van der Waals surface area contributed by atoms with Crippen LogP contribution in [0.1, 0.15) is 5.56 Å². The fourth-order valence-electron chi connectivity index (χ4n) is 0.969. The molecule has 1 nitrogen and oxygen atoms in total. The number of ether oxygens (including phenoxy) is 1. The molecule has 0 atom stereocenters. The van der Waals surface area contributed by atoms with E-state index < -0.39 is 6.61 Å². The van der Waals surface area contributed by atoms with E-state index >= 15 is 0 Å². The van der Waals surface area contributed by atoms with Gasteiger partial charge in [0.05, 0.1) is 0 Å². The molecule has 76 valence electrons. The van der Waals surface area contributed by atoms with E-state index in [2.05, 4.69) is 27.2 Å². The first kappa shape index (κ1) is 11.2. The number of hydrogen-bond donors (Lipinski definition) is 0. The zero-order valence-electron chi connectivity index (χ0n) is 7.34. The lowest BCUT2D eigenvalue weighted by atomic mass is 10.1. The molecule has 1 aromatic rings. The summed E-state index contributed by atoms with van der Waals surface area (Å²) >= 11 is 3.24. The van der Waals surface area contributed by atoms with E-state index in [0.717, 1.165) is 11.1 Å². The zero-order valence-corrected chi connectivity index (χ0v) is 8.93. The second-order valence-electron chi connectivity index (χ2n) is 2.64. The largest absolute Gasteiger partial charge is 0.435 e. The van der Waals surface area contributed by atoms with Crippen LogP contribution in [0.4, 0.5) is 8.78 Å². The third-order valence-electron chi connectivity index (χ3n) is 1.63. The van der Waals surface area contributed by atoms with Crippen LogP contribution in [0.25, 0.3) is 5.57 Å². The van der Waals surface area contributed by atoms with Gasteiger partial charge in [0.25, 0.3) is 0 Å². The molecule has 0 bridgehead atoms. The van der Waals surface area contributed by atoms with Crippen molar-refractivity contribution in [2.45, 2.75) is 6.61 Å². The summed E-state index contributed by atoms with van der Waals surface area (Å²) in [6.45, 7) is 0.984. The normalized spacial score (nSPS) is 10.3. The summed E-state index contributed by atoms with van der Waals surface area (Å²) in [7, 11) is 0. The number of halogens is 3. The molecule has 0 aliphatic heterocycles. The van der Waals surface area contributed by atoms with Crippen LogP contribution in [0.2, 0.25) is 0 Å². The molecule has 0 radical (unpaired) electrons. The second-order valence-corrected chi connectivity index (χ2v) is 3.20. The van der Waals surface area contributed by atoms with Gasteiger partial charge in [0, 0.05) is 5.33 Å². The standard InChI is InChI=1S/C10H9BrF2O/c1-7(6-11)8-3-2-4-9(5-8)14-10(12)13/h2-5,10H,1,6H2. The van der Waals surface area contributed by atoms with E-state index in [1.54, 1.807) is 12.1 Å². The van der Waals surface area contributed by atoms with Gasteiger partial charge in [-0.3, -0.25) is 0 Å². The third-order valence-corrected chi connectivity index (χ3v) is 2.31. The number of benzene rings is 1. The molecule has 0 saturated heterocycles. The number of hydrogen-bond acceptors (Lipinski definition) is 1. The van der Waals surface area contributed by atoms with Crippen LogP contribution in [0, 0.1) is 0 Å². The van der Waals surface area contributed by atoms with E-state index in [0.29, 0.717) is 5.33 Å². The highest BCUT2D eigenvalue weighted by molar-refractivity contribution is 9.09. The SMILES string of the molecule is C=C(CBr)c1cccc(OC(F)F)c1. The predicted molar refractivity (Wildman–Crippen MR) is 55.9 cm³/mol. The van der Waals surface area contributed by atoms with Crippen LogP contribution in [-0.4, -0.2) is 11.9 Å². The van der Waals surface area contributed by atoms with Crippen LogP contribution >= 0.6 is 15.9 Å². The van der Waals surface area contributed by atoms with Crippen molar-refractivity contribution >= 4 is 21.5 Å². The first-order chi connectivity index (χ1) is 6.63. The molecule has 0 aromatic heterocycles. The van der Waals surface area contributed by atoms with Crippen LogP contribution in [-0.2, 0) is 0 Å². The van der Waals surface area contributed by atoms with Crippen molar-refractivity contribution in [1.82, 2.24) is 0 Å². The predicted octanol–water partition coefficient (Wildman–Crippen LogP) is 3.70. The highest BCUT2D eigenvalue weighted by Crippen LogP contribution is 2.21. The molecular formula is C10H9BrF2O. The van der Waals surface area contributed by atoms with E-state index in [1.165, 1.54) is 12.1 Å². The lowest BCUT2D eigenvalue weighted by molar-refractivity contribution is -0.0498. The molecule has 0 fully saturated rings. The summed E-state index contributed by atoms with van der Waals surface area (Å²) in [6, 6.07) is 6.47. The lowest BCUT2D eigenvalue weighted by Crippen LogP contribution is -2.01.